The Morgan fingerprint density at radius 1 is 1.21 bits per heavy atom. The third-order valence-corrected chi connectivity index (χ3v) is 2.96. The molecule has 1 aliphatic heterocycles. The molecule has 0 atom stereocenters. The Hall–Kier alpha value is -1.09. The summed E-state index contributed by atoms with van der Waals surface area (Å²) in [5.41, 5.74) is 3.39. The van der Waals surface area contributed by atoms with Crippen LogP contribution in [0.5, 0.6) is 0 Å². The van der Waals surface area contributed by atoms with Crippen molar-refractivity contribution in [3.8, 4) is 0 Å². The van der Waals surface area contributed by atoms with Crippen LogP contribution >= 0.6 is 11.8 Å². The first kappa shape index (κ1) is 9.46. The molecule has 1 aromatic rings. The summed E-state index contributed by atoms with van der Waals surface area (Å²) in [6.45, 7) is 4.11. The second kappa shape index (κ2) is 3.96. The third-order valence-electron chi connectivity index (χ3n) is 1.96. The van der Waals surface area contributed by atoms with Crippen LogP contribution in [0, 0.1) is 6.92 Å². The zero-order chi connectivity index (χ0) is 9.97. The predicted molar refractivity (Wildman–Crippen MR) is 63.8 cm³/mol. The van der Waals surface area contributed by atoms with Crippen molar-refractivity contribution in [1.29, 1.82) is 0 Å². The molecule has 14 heavy (non-hydrogen) atoms. The topological polar surface area (TPSA) is 24.7 Å². The van der Waals surface area contributed by atoms with Crippen LogP contribution in [0.25, 0.3) is 0 Å². The van der Waals surface area contributed by atoms with Crippen LogP contribution in [-0.2, 0) is 0 Å². The molecular weight excluding hydrogens is 192 g/mol. The highest BCUT2D eigenvalue weighted by molar-refractivity contribution is 8.14. The summed E-state index contributed by atoms with van der Waals surface area (Å²) in [6, 6.07) is 8.17. The number of aliphatic imine (C=N–C) groups is 2. The first-order chi connectivity index (χ1) is 6.74. The van der Waals surface area contributed by atoms with Gasteiger partial charge in [-0.3, -0.25) is 0 Å². The molecule has 2 nitrogen and oxygen atoms in total. The van der Waals surface area contributed by atoms with E-state index in [9.17, 15) is 0 Å². The number of nitrogens with zero attached hydrogens (tertiary/aromatic N) is 2. The maximum atomic E-state index is 4.44. The predicted octanol–water partition coefficient (Wildman–Crippen LogP) is 3.19. The van der Waals surface area contributed by atoms with Gasteiger partial charge < -0.3 is 0 Å². The van der Waals surface area contributed by atoms with Crippen molar-refractivity contribution < 1.29 is 0 Å². The van der Waals surface area contributed by atoms with Crippen LogP contribution in [0.4, 0.5) is 5.69 Å². The highest BCUT2D eigenvalue weighted by atomic mass is 32.2. The van der Waals surface area contributed by atoms with E-state index in [1.807, 2.05) is 19.1 Å². The molecule has 0 amide bonds. The number of benzene rings is 1. The summed E-state index contributed by atoms with van der Waals surface area (Å²) in [5.74, 6) is 0.977. The van der Waals surface area contributed by atoms with Gasteiger partial charge in [0.1, 0.15) is 0 Å². The van der Waals surface area contributed by atoms with Crippen LogP contribution in [0.1, 0.15) is 12.5 Å². The summed E-state index contributed by atoms with van der Waals surface area (Å²) in [4.78, 5) is 8.78. The van der Waals surface area contributed by atoms with Gasteiger partial charge in [0.15, 0.2) is 5.17 Å². The number of thioether (sulfide) groups is 1. The molecule has 1 aromatic carbocycles. The Morgan fingerprint density at radius 3 is 2.50 bits per heavy atom. The lowest BCUT2D eigenvalue weighted by atomic mass is 10.2. The van der Waals surface area contributed by atoms with Crippen molar-refractivity contribution in [1.82, 2.24) is 0 Å². The molecule has 72 valence electrons. The summed E-state index contributed by atoms with van der Waals surface area (Å²) < 4.78 is 0. The average Bonchev–Trinajstić information content (AvgIpc) is 2.56. The normalized spacial score (nSPS) is 18.7. The van der Waals surface area contributed by atoms with Crippen molar-refractivity contribution in [2.24, 2.45) is 9.98 Å². The molecule has 1 heterocycles. The van der Waals surface area contributed by atoms with Gasteiger partial charge in [-0.25, -0.2) is 9.98 Å². The van der Waals surface area contributed by atoms with Crippen LogP contribution in [0.2, 0.25) is 0 Å². The van der Waals surface area contributed by atoms with Gasteiger partial charge in [0.2, 0.25) is 0 Å². The smallest absolute Gasteiger partial charge is 0.188 e. The highest BCUT2D eigenvalue weighted by Gasteiger charge is 2.08. The monoisotopic (exact) mass is 204 g/mol. The lowest BCUT2D eigenvalue weighted by molar-refractivity contribution is 1.43. The Morgan fingerprint density at radius 2 is 1.93 bits per heavy atom. The van der Waals surface area contributed by atoms with Gasteiger partial charge in [-0.1, -0.05) is 29.5 Å². The van der Waals surface area contributed by atoms with E-state index in [-0.39, 0.29) is 0 Å². The number of amidine groups is 1. The summed E-state index contributed by atoms with van der Waals surface area (Å²) in [5, 5.41) is 0.881. The maximum Gasteiger partial charge on any atom is 0.188 e. The molecular formula is C11H12N2S. The van der Waals surface area contributed by atoms with Crippen molar-refractivity contribution in [3.63, 3.8) is 0 Å². The molecule has 3 heteroatoms. The van der Waals surface area contributed by atoms with Crippen LogP contribution in [0.15, 0.2) is 34.3 Å². The number of aryl methyl sites for hydroxylation is 1. The first-order valence-corrected chi connectivity index (χ1v) is 5.55. The van der Waals surface area contributed by atoms with Gasteiger partial charge in [-0.2, -0.15) is 0 Å². The molecule has 0 saturated carbocycles. The number of hydrogen-bond donors (Lipinski definition) is 0. The van der Waals surface area contributed by atoms with Gasteiger partial charge >= 0.3 is 0 Å². The maximum absolute atomic E-state index is 4.44. The van der Waals surface area contributed by atoms with Gasteiger partial charge in [-0.05, 0) is 26.0 Å². The Kier molecular flexibility index (Phi) is 2.68. The van der Waals surface area contributed by atoms with E-state index in [0.717, 1.165) is 22.3 Å². The molecule has 0 bridgehead atoms. The molecule has 1 aliphatic rings. The van der Waals surface area contributed by atoms with Crippen LogP contribution in [0.3, 0.4) is 0 Å². The lowest BCUT2D eigenvalue weighted by Gasteiger charge is -1.95. The van der Waals surface area contributed by atoms with E-state index in [4.69, 9.17) is 0 Å². The van der Waals surface area contributed by atoms with E-state index in [1.165, 1.54) is 5.56 Å². The largest absolute Gasteiger partial charge is 0.232 e. The van der Waals surface area contributed by atoms with E-state index in [0.29, 0.717) is 0 Å². The minimum absolute atomic E-state index is 0.881. The summed E-state index contributed by atoms with van der Waals surface area (Å²) >= 11 is 1.70. The van der Waals surface area contributed by atoms with E-state index >= 15 is 0 Å². The molecule has 0 fully saturated rings. The molecule has 2 rings (SSSR count). The molecule has 0 saturated heterocycles. The van der Waals surface area contributed by atoms with Gasteiger partial charge in [0.25, 0.3) is 0 Å². The molecule has 0 radical (unpaired) electrons. The highest BCUT2D eigenvalue weighted by Crippen LogP contribution is 2.20. The standard InChI is InChI=1S/C11H12N2S/c1-8-3-5-10(6-4-8)13-11-12-9(2)7-14-11/h3-6H,7H2,1-2H3. The summed E-state index contributed by atoms with van der Waals surface area (Å²) in [6.07, 6.45) is 0. The Balaban J connectivity index is 2.22. The van der Waals surface area contributed by atoms with E-state index in [1.54, 1.807) is 11.8 Å². The van der Waals surface area contributed by atoms with Crippen LogP contribution < -0.4 is 0 Å². The Bertz CT molecular complexity index is 390. The summed E-state index contributed by atoms with van der Waals surface area (Å²) in [7, 11) is 0. The first-order valence-electron chi connectivity index (χ1n) is 4.56. The minimum Gasteiger partial charge on any atom is -0.232 e. The average molecular weight is 204 g/mol. The van der Waals surface area contributed by atoms with E-state index < -0.39 is 0 Å². The third kappa shape index (κ3) is 2.23. The van der Waals surface area contributed by atoms with Gasteiger partial charge in [0, 0.05) is 11.5 Å². The lowest BCUT2D eigenvalue weighted by Crippen LogP contribution is -1.84. The molecule has 0 aromatic heterocycles. The van der Waals surface area contributed by atoms with Crippen molar-refractivity contribution in [3.05, 3.63) is 29.8 Å². The van der Waals surface area contributed by atoms with Crippen molar-refractivity contribution >= 4 is 28.3 Å². The second-order valence-electron chi connectivity index (χ2n) is 3.37. The van der Waals surface area contributed by atoms with Gasteiger partial charge in [-0.15, -0.1) is 0 Å². The Labute approximate surface area is 88.2 Å². The minimum atomic E-state index is 0.881. The van der Waals surface area contributed by atoms with Crippen molar-refractivity contribution in [2.45, 2.75) is 13.8 Å². The molecule has 0 unspecified atom stereocenters. The zero-order valence-electron chi connectivity index (χ0n) is 8.32. The SMILES string of the molecule is CC1=NC(=Nc2ccc(C)cc2)SC1. The molecule has 0 aliphatic carbocycles. The molecule has 0 N–H and O–H groups in total. The second-order valence-corrected chi connectivity index (χ2v) is 4.31. The fraction of sp³-hybridized carbons (Fsp3) is 0.273. The van der Waals surface area contributed by atoms with Crippen LogP contribution in [-0.4, -0.2) is 16.6 Å². The van der Waals surface area contributed by atoms with Gasteiger partial charge in [0.05, 0.1) is 5.69 Å². The fourth-order valence-electron chi connectivity index (χ4n) is 1.18. The number of hydrogen-bond acceptors (Lipinski definition) is 2. The van der Waals surface area contributed by atoms with Crippen molar-refractivity contribution in [2.75, 3.05) is 5.75 Å². The quantitative estimate of drug-likeness (QED) is 0.689. The zero-order valence-corrected chi connectivity index (χ0v) is 9.14. The molecule has 0 spiro atoms. The fourth-order valence-corrected chi connectivity index (χ4v) is 1.98. The van der Waals surface area contributed by atoms with E-state index in [2.05, 4.69) is 29.0 Å². The number of rotatable bonds is 1.